The smallest absolute Gasteiger partial charge is 0.264 e. The van der Waals surface area contributed by atoms with Crippen molar-refractivity contribution >= 4 is 27.3 Å². The first kappa shape index (κ1) is 16.9. The first-order chi connectivity index (χ1) is 12.4. The van der Waals surface area contributed by atoms with Crippen LogP contribution in [0.25, 0.3) is 0 Å². The van der Waals surface area contributed by atoms with Crippen LogP contribution in [0.3, 0.4) is 0 Å². The van der Waals surface area contributed by atoms with Crippen LogP contribution in [0.1, 0.15) is 23.7 Å². The first-order valence-corrected chi connectivity index (χ1v) is 9.65. The van der Waals surface area contributed by atoms with Crippen molar-refractivity contribution in [3.63, 3.8) is 0 Å². The fourth-order valence-electron chi connectivity index (χ4n) is 3.41. The van der Waals surface area contributed by atoms with Crippen LogP contribution in [0.2, 0.25) is 0 Å². The van der Waals surface area contributed by atoms with Gasteiger partial charge in [0.1, 0.15) is 5.75 Å². The lowest BCUT2D eigenvalue weighted by atomic mass is 10.0. The van der Waals surface area contributed by atoms with Crippen LogP contribution in [-0.2, 0) is 21.2 Å². The molecule has 0 radical (unpaired) electrons. The Morgan fingerprint density at radius 3 is 2.81 bits per heavy atom. The molecule has 26 heavy (non-hydrogen) atoms. The molecule has 7 nitrogen and oxygen atoms in total. The second kappa shape index (κ2) is 6.00. The van der Waals surface area contributed by atoms with Crippen LogP contribution < -0.4 is 14.4 Å². The molecule has 2 aromatic carbocycles. The number of carbonyl (C=O) groups is 1. The first-order valence-electron chi connectivity index (χ1n) is 8.21. The topological polar surface area (TPSA) is 95.9 Å². The van der Waals surface area contributed by atoms with Crippen LogP contribution in [0.15, 0.2) is 41.3 Å². The van der Waals surface area contributed by atoms with Gasteiger partial charge in [0.25, 0.3) is 10.0 Å². The summed E-state index contributed by atoms with van der Waals surface area (Å²) >= 11 is 0. The second-order valence-electron chi connectivity index (χ2n) is 6.35. The SMILES string of the molecule is COc1ccc2c(c1)N(S(=O)(=O)c1ccc3c(c1)CC(=O)N3)CCC2O. The number of amides is 1. The predicted molar refractivity (Wildman–Crippen MR) is 95.9 cm³/mol. The van der Waals surface area contributed by atoms with Gasteiger partial charge in [0.05, 0.1) is 30.2 Å². The second-order valence-corrected chi connectivity index (χ2v) is 8.21. The largest absolute Gasteiger partial charge is 0.497 e. The van der Waals surface area contributed by atoms with Gasteiger partial charge in [-0.1, -0.05) is 6.07 Å². The van der Waals surface area contributed by atoms with Gasteiger partial charge >= 0.3 is 0 Å². The van der Waals surface area contributed by atoms with Gasteiger partial charge in [-0.2, -0.15) is 0 Å². The van der Waals surface area contributed by atoms with Gasteiger partial charge in [-0.3, -0.25) is 9.10 Å². The van der Waals surface area contributed by atoms with Crippen molar-refractivity contribution in [1.82, 2.24) is 0 Å². The Bertz CT molecular complexity index is 1000. The third-order valence-electron chi connectivity index (χ3n) is 4.76. The van der Waals surface area contributed by atoms with Crippen molar-refractivity contribution < 1.29 is 23.1 Å². The van der Waals surface area contributed by atoms with Gasteiger partial charge in [-0.25, -0.2) is 8.42 Å². The van der Waals surface area contributed by atoms with E-state index in [1.165, 1.54) is 23.5 Å². The van der Waals surface area contributed by atoms with E-state index in [0.717, 1.165) is 0 Å². The summed E-state index contributed by atoms with van der Waals surface area (Å²) < 4.78 is 33.0. The highest BCUT2D eigenvalue weighted by Gasteiger charge is 2.33. The van der Waals surface area contributed by atoms with E-state index in [1.807, 2.05) is 0 Å². The van der Waals surface area contributed by atoms with Crippen LogP contribution in [-0.4, -0.2) is 33.1 Å². The number of hydrogen-bond donors (Lipinski definition) is 2. The molecule has 8 heteroatoms. The molecule has 0 fully saturated rings. The lowest BCUT2D eigenvalue weighted by Crippen LogP contribution is -2.36. The number of rotatable bonds is 3. The van der Waals surface area contributed by atoms with Gasteiger partial charge in [-0.15, -0.1) is 0 Å². The third kappa shape index (κ3) is 2.62. The molecule has 0 bridgehead atoms. The molecule has 1 amide bonds. The van der Waals surface area contributed by atoms with E-state index in [1.54, 1.807) is 24.3 Å². The van der Waals surface area contributed by atoms with Crippen LogP contribution in [0.5, 0.6) is 5.75 Å². The highest BCUT2D eigenvalue weighted by molar-refractivity contribution is 7.92. The highest BCUT2D eigenvalue weighted by Crippen LogP contribution is 2.39. The molecule has 1 unspecified atom stereocenters. The molecule has 2 aromatic rings. The Hall–Kier alpha value is -2.58. The maximum absolute atomic E-state index is 13.2. The van der Waals surface area contributed by atoms with Crippen LogP contribution in [0.4, 0.5) is 11.4 Å². The quantitative estimate of drug-likeness (QED) is 0.854. The fraction of sp³-hybridized carbons (Fsp3) is 0.278. The number of fused-ring (bicyclic) bond motifs is 2. The van der Waals surface area contributed by atoms with Crippen LogP contribution in [0, 0.1) is 0 Å². The number of aliphatic hydroxyl groups excluding tert-OH is 1. The Balaban J connectivity index is 1.79. The van der Waals surface area contributed by atoms with Crippen molar-refractivity contribution in [1.29, 1.82) is 0 Å². The van der Waals surface area contributed by atoms with E-state index in [4.69, 9.17) is 4.74 Å². The van der Waals surface area contributed by atoms with Crippen molar-refractivity contribution in [3.8, 4) is 5.75 Å². The third-order valence-corrected chi connectivity index (χ3v) is 6.57. The minimum absolute atomic E-state index is 0.123. The number of nitrogens with zero attached hydrogens (tertiary/aromatic N) is 1. The summed E-state index contributed by atoms with van der Waals surface area (Å²) in [5.74, 6) is 0.368. The molecule has 2 heterocycles. The number of hydrogen-bond acceptors (Lipinski definition) is 5. The maximum atomic E-state index is 13.2. The van der Waals surface area contributed by atoms with Gasteiger partial charge in [0.15, 0.2) is 0 Å². The number of nitrogens with one attached hydrogen (secondary N) is 1. The molecular formula is C18H18N2O5S. The number of methoxy groups -OCH3 is 1. The zero-order chi connectivity index (χ0) is 18.5. The maximum Gasteiger partial charge on any atom is 0.264 e. The highest BCUT2D eigenvalue weighted by atomic mass is 32.2. The van der Waals surface area contributed by atoms with E-state index in [2.05, 4.69) is 5.32 Å². The monoisotopic (exact) mass is 374 g/mol. The summed E-state index contributed by atoms with van der Waals surface area (Å²) in [6, 6.07) is 9.64. The zero-order valence-electron chi connectivity index (χ0n) is 14.1. The number of sulfonamides is 1. The number of anilines is 2. The summed E-state index contributed by atoms with van der Waals surface area (Å²) in [5, 5.41) is 12.9. The van der Waals surface area contributed by atoms with Crippen molar-refractivity contribution in [2.24, 2.45) is 0 Å². The Kier molecular flexibility index (Phi) is 3.89. The predicted octanol–water partition coefficient (Wildman–Crippen LogP) is 1.82. The average Bonchev–Trinajstić information content (AvgIpc) is 3.00. The standard InChI is InChI=1S/C18H18N2O5S/c1-25-12-2-4-14-16(10-12)20(7-6-17(14)21)26(23,24)13-3-5-15-11(8-13)9-18(22)19-15/h2-5,8,10,17,21H,6-7,9H2,1H3,(H,19,22). The minimum Gasteiger partial charge on any atom is -0.497 e. The molecule has 2 N–H and O–H groups in total. The Morgan fingerprint density at radius 2 is 2.04 bits per heavy atom. The molecule has 0 spiro atoms. The van der Waals surface area contributed by atoms with Gasteiger partial charge < -0.3 is 15.2 Å². The number of aliphatic hydroxyl groups is 1. The molecule has 0 saturated carbocycles. The van der Waals surface area contributed by atoms with E-state index < -0.39 is 16.1 Å². The molecule has 2 aliphatic rings. The van der Waals surface area contributed by atoms with Crippen molar-refractivity contribution in [3.05, 3.63) is 47.5 Å². The number of benzene rings is 2. The summed E-state index contributed by atoms with van der Waals surface area (Å²) in [7, 11) is -2.33. The van der Waals surface area contributed by atoms with E-state index >= 15 is 0 Å². The molecular weight excluding hydrogens is 356 g/mol. The average molecular weight is 374 g/mol. The normalized spacial score (nSPS) is 18.9. The van der Waals surface area contributed by atoms with Gasteiger partial charge in [0, 0.05) is 23.9 Å². The van der Waals surface area contributed by atoms with E-state index in [0.29, 0.717) is 34.7 Å². The molecule has 0 aliphatic carbocycles. The molecule has 136 valence electrons. The summed E-state index contributed by atoms with van der Waals surface area (Å²) in [6.45, 7) is 0.165. The Morgan fingerprint density at radius 1 is 1.23 bits per heavy atom. The molecule has 0 aromatic heterocycles. The summed E-state index contributed by atoms with van der Waals surface area (Å²) in [6.07, 6.45) is -0.241. The molecule has 4 rings (SSSR count). The van der Waals surface area contributed by atoms with Crippen molar-refractivity contribution in [2.75, 3.05) is 23.3 Å². The lowest BCUT2D eigenvalue weighted by Gasteiger charge is -2.33. The summed E-state index contributed by atoms with van der Waals surface area (Å²) in [5.41, 5.74) is 2.28. The zero-order valence-corrected chi connectivity index (χ0v) is 14.9. The fourth-order valence-corrected chi connectivity index (χ4v) is 4.96. The minimum atomic E-state index is -3.84. The van der Waals surface area contributed by atoms with Crippen LogP contribution >= 0.6 is 0 Å². The molecule has 1 atom stereocenters. The van der Waals surface area contributed by atoms with E-state index in [-0.39, 0.29) is 23.8 Å². The van der Waals surface area contributed by atoms with E-state index in [9.17, 15) is 18.3 Å². The van der Waals surface area contributed by atoms with Crippen molar-refractivity contribution in [2.45, 2.75) is 23.8 Å². The van der Waals surface area contributed by atoms with Gasteiger partial charge in [0.2, 0.25) is 5.91 Å². The number of ether oxygens (including phenoxy) is 1. The molecule has 0 saturated heterocycles. The van der Waals surface area contributed by atoms with Gasteiger partial charge in [-0.05, 0) is 36.2 Å². The lowest BCUT2D eigenvalue weighted by molar-refractivity contribution is -0.115. The Labute approximate surface area is 151 Å². The number of carbonyl (C=O) groups excluding carboxylic acids is 1. The molecule has 2 aliphatic heterocycles. The summed E-state index contributed by atoms with van der Waals surface area (Å²) in [4.78, 5) is 11.6.